The van der Waals surface area contributed by atoms with Gasteiger partial charge in [0.15, 0.2) is 0 Å². The molecule has 102 valence electrons. The predicted octanol–water partition coefficient (Wildman–Crippen LogP) is 3.65. The molecule has 0 fully saturated rings. The first kappa shape index (κ1) is 15.0. The molecule has 0 aliphatic carbocycles. The van der Waals surface area contributed by atoms with E-state index in [-0.39, 0.29) is 0 Å². The second kappa shape index (κ2) is 7.42. The van der Waals surface area contributed by atoms with Crippen molar-refractivity contribution < 1.29 is 4.74 Å². The first-order valence-electron chi connectivity index (χ1n) is 6.95. The van der Waals surface area contributed by atoms with Crippen LogP contribution in [0.25, 0.3) is 0 Å². The van der Waals surface area contributed by atoms with Gasteiger partial charge in [0.1, 0.15) is 5.75 Å². The van der Waals surface area contributed by atoms with Crippen molar-refractivity contribution in [3.8, 4) is 5.75 Å². The van der Waals surface area contributed by atoms with Gasteiger partial charge in [0, 0.05) is 12.1 Å². The SMILES string of the molecule is CCC(C)C(C)NC(C)Cc1ccc(OC)cc1. The minimum Gasteiger partial charge on any atom is -0.497 e. The van der Waals surface area contributed by atoms with Crippen LogP contribution < -0.4 is 10.1 Å². The third-order valence-electron chi connectivity index (χ3n) is 3.75. The summed E-state index contributed by atoms with van der Waals surface area (Å²) in [7, 11) is 1.70. The first-order chi connectivity index (χ1) is 8.56. The molecule has 0 heterocycles. The van der Waals surface area contributed by atoms with Crippen LogP contribution in [0.5, 0.6) is 5.75 Å². The largest absolute Gasteiger partial charge is 0.497 e. The van der Waals surface area contributed by atoms with Crippen molar-refractivity contribution in [2.45, 2.75) is 52.6 Å². The Hall–Kier alpha value is -1.02. The molecule has 18 heavy (non-hydrogen) atoms. The quantitative estimate of drug-likeness (QED) is 0.796. The van der Waals surface area contributed by atoms with E-state index >= 15 is 0 Å². The third kappa shape index (κ3) is 4.69. The van der Waals surface area contributed by atoms with E-state index in [1.807, 2.05) is 12.1 Å². The topological polar surface area (TPSA) is 21.3 Å². The third-order valence-corrected chi connectivity index (χ3v) is 3.75. The van der Waals surface area contributed by atoms with Gasteiger partial charge in [-0.1, -0.05) is 32.4 Å². The summed E-state index contributed by atoms with van der Waals surface area (Å²) in [6, 6.07) is 9.42. The molecule has 0 aromatic heterocycles. The number of hydrogen-bond acceptors (Lipinski definition) is 2. The highest BCUT2D eigenvalue weighted by Crippen LogP contribution is 2.14. The van der Waals surface area contributed by atoms with Gasteiger partial charge >= 0.3 is 0 Å². The highest BCUT2D eigenvalue weighted by atomic mass is 16.5. The Labute approximate surface area is 112 Å². The molecule has 3 atom stereocenters. The summed E-state index contributed by atoms with van der Waals surface area (Å²) >= 11 is 0. The average Bonchev–Trinajstić information content (AvgIpc) is 2.38. The Kier molecular flexibility index (Phi) is 6.20. The van der Waals surface area contributed by atoms with Gasteiger partial charge in [0.2, 0.25) is 0 Å². The zero-order chi connectivity index (χ0) is 13.5. The zero-order valence-corrected chi connectivity index (χ0v) is 12.4. The molecule has 1 aromatic carbocycles. The molecule has 1 rings (SSSR count). The van der Waals surface area contributed by atoms with Crippen LogP contribution in [-0.4, -0.2) is 19.2 Å². The summed E-state index contributed by atoms with van der Waals surface area (Å²) in [6.07, 6.45) is 2.29. The van der Waals surface area contributed by atoms with Crippen LogP contribution in [0.4, 0.5) is 0 Å². The van der Waals surface area contributed by atoms with Gasteiger partial charge in [-0.15, -0.1) is 0 Å². The van der Waals surface area contributed by atoms with Crippen LogP contribution in [-0.2, 0) is 6.42 Å². The van der Waals surface area contributed by atoms with Crippen LogP contribution in [0.2, 0.25) is 0 Å². The van der Waals surface area contributed by atoms with Crippen molar-refractivity contribution in [3.05, 3.63) is 29.8 Å². The van der Waals surface area contributed by atoms with E-state index in [0.717, 1.165) is 18.1 Å². The lowest BCUT2D eigenvalue weighted by atomic mass is 9.99. The summed E-state index contributed by atoms with van der Waals surface area (Å²) in [4.78, 5) is 0. The van der Waals surface area contributed by atoms with Crippen LogP contribution >= 0.6 is 0 Å². The van der Waals surface area contributed by atoms with Crippen LogP contribution in [0, 0.1) is 5.92 Å². The Bertz CT molecular complexity index is 333. The fraction of sp³-hybridized carbons (Fsp3) is 0.625. The lowest BCUT2D eigenvalue weighted by Gasteiger charge is -2.24. The van der Waals surface area contributed by atoms with Crippen LogP contribution in [0.1, 0.15) is 39.7 Å². The van der Waals surface area contributed by atoms with E-state index in [9.17, 15) is 0 Å². The molecule has 0 radical (unpaired) electrons. The monoisotopic (exact) mass is 249 g/mol. The van der Waals surface area contributed by atoms with Gasteiger partial charge in [0.05, 0.1) is 7.11 Å². The van der Waals surface area contributed by atoms with Crippen molar-refractivity contribution in [3.63, 3.8) is 0 Å². The van der Waals surface area contributed by atoms with Crippen molar-refractivity contribution in [2.24, 2.45) is 5.92 Å². The second-order valence-electron chi connectivity index (χ2n) is 5.29. The summed E-state index contributed by atoms with van der Waals surface area (Å²) in [5.41, 5.74) is 1.35. The number of methoxy groups -OCH3 is 1. The fourth-order valence-electron chi connectivity index (χ4n) is 2.14. The van der Waals surface area contributed by atoms with E-state index in [1.165, 1.54) is 12.0 Å². The van der Waals surface area contributed by atoms with Gasteiger partial charge < -0.3 is 10.1 Å². The number of nitrogens with one attached hydrogen (secondary N) is 1. The molecule has 1 aromatic rings. The van der Waals surface area contributed by atoms with Gasteiger partial charge in [-0.2, -0.15) is 0 Å². The molecule has 0 bridgehead atoms. The maximum Gasteiger partial charge on any atom is 0.118 e. The number of benzene rings is 1. The van der Waals surface area contributed by atoms with E-state index in [4.69, 9.17) is 4.74 Å². The van der Waals surface area contributed by atoms with Crippen molar-refractivity contribution in [2.75, 3.05) is 7.11 Å². The van der Waals surface area contributed by atoms with Gasteiger partial charge in [-0.05, 0) is 43.9 Å². The van der Waals surface area contributed by atoms with Gasteiger partial charge in [-0.25, -0.2) is 0 Å². The van der Waals surface area contributed by atoms with Crippen molar-refractivity contribution >= 4 is 0 Å². The number of hydrogen-bond donors (Lipinski definition) is 1. The molecular weight excluding hydrogens is 222 g/mol. The Morgan fingerprint density at radius 1 is 1.11 bits per heavy atom. The molecule has 0 saturated carbocycles. The molecule has 0 saturated heterocycles. The smallest absolute Gasteiger partial charge is 0.118 e. The average molecular weight is 249 g/mol. The van der Waals surface area contributed by atoms with E-state index in [0.29, 0.717) is 12.1 Å². The summed E-state index contributed by atoms with van der Waals surface area (Å²) in [5, 5.41) is 3.68. The molecule has 2 heteroatoms. The molecule has 0 amide bonds. The maximum absolute atomic E-state index is 5.17. The number of ether oxygens (including phenoxy) is 1. The maximum atomic E-state index is 5.17. The van der Waals surface area contributed by atoms with Crippen molar-refractivity contribution in [1.82, 2.24) is 5.32 Å². The predicted molar refractivity (Wildman–Crippen MR) is 78.2 cm³/mol. The van der Waals surface area contributed by atoms with Crippen LogP contribution in [0.3, 0.4) is 0 Å². The Morgan fingerprint density at radius 3 is 2.22 bits per heavy atom. The molecular formula is C16H27NO. The minimum absolute atomic E-state index is 0.502. The normalized spacial score (nSPS) is 16.1. The molecule has 0 spiro atoms. The van der Waals surface area contributed by atoms with E-state index in [1.54, 1.807) is 7.11 Å². The highest BCUT2D eigenvalue weighted by Gasteiger charge is 2.13. The second-order valence-corrected chi connectivity index (χ2v) is 5.29. The van der Waals surface area contributed by atoms with Crippen molar-refractivity contribution in [1.29, 1.82) is 0 Å². The summed E-state index contributed by atoms with van der Waals surface area (Å²) in [6.45, 7) is 9.08. The first-order valence-corrected chi connectivity index (χ1v) is 6.95. The zero-order valence-electron chi connectivity index (χ0n) is 12.4. The molecule has 1 N–H and O–H groups in total. The van der Waals surface area contributed by atoms with E-state index in [2.05, 4.69) is 45.1 Å². The lowest BCUT2D eigenvalue weighted by molar-refractivity contribution is 0.355. The fourth-order valence-corrected chi connectivity index (χ4v) is 2.14. The lowest BCUT2D eigenvalue weighted by Crippen LogP contribution is -2.39. The molecule has 0 aliphatic heterocycles. The Balaban J connectivity index is 2.45. The summed E-state index contributed by atoms with van der Waals surface area (Å²) in [5.74, 6) is 1.65. The molecule has 3 unspecified atom stereocenters. The highest BCUT2D eigenvalue weighted by molar-refractivity contribution is 5.27. The molecule has 0 aliphatic rings. The summed E-state index contributed by atoms with van der Waals surface area (Å²) < 4.78 is 5.17. The van der Waals surface area contributed by atoms with Crippen LogP contribution in [0.15, 0.2) is 24.3 Å². The standard InChI is InChI=1S/C16H27NO/c1-6-12(2)14(4)17-13(3)11-15-7-9-16(18-5)10-8-15/h7-10,12-14,17H,6,11H2,1-5H3. The Morgan fingerprint density at radius 2 is 1.72 bits per heavy atom. The molecule has 2 nitrogen and oxygen atoms in total. The van der Waals surface area contributed by atoms with E-state index < -0.39 is 0 Å². The van der Waals surface area contributed by atoms with Gasteiger partial charge in [-0.3, -0.25) is 0 Å². The number of rotatable bonds is 7. The van der Waals surface area contributed by atoms with Gasteiger partial charge in [0.25, 0.3) is 0 Å². The minimum atomic E-state index is 0.502.